The van der Waals surface area contributed by atoms with Gasteiger partial charge in [-0.1, -0.05) is 71.6 Å². The minimum absolute atomic E-state index is 0.163. The average molecular weight is 502 g/mol. The second-order valence-corrected chi connectivity index (χ2v) is 13.0. The molecule has 1 heteroatoms. The molecule has 0 N–H and O–H groups in total. The van der Waals surface area contributed by atoms with Crippen molar-refractivity contribution in [2.45, 2.75) is 91.9 Å². The zero-order valence-electron chi connectivity index (χ0n) is 21.3. The van der Waals surface area contributed by atoms with E-state index in [-0.39, 0.29) is 10.8 Å². The Balaban J connectivity index is 0.000000264. The van der Waals surface area contributed by atoms with Crippen molar-refractivity contribution in [2.75, 3.05) is 0 Å². The number of hydrogen-bond donors (Lipinski definition) is 0. The van der Waals surface area contributed by atoms with Crippen molar-refractivity contribution in [1.29, 1.82) is 0 Å². The zero-order chi connectivity index (χ0) is 23.7. The molecule has 0 radical (unpaired) electrons. The molecule has 0 saturated heterocycles. The minimum atomic E-state index is 0.163. The van der Waals surface area contributed by atoms with Crippen LogP contribution in [-0.4, -0.2) is 3.21 Å². The third-order valence-corrected chi connectivity index (χ3v) is 7.39. The molecule has 0 heterocycles. The molecule has 0 atom stereocenters. The van der Waals surface area contributed by atoms with Crippen LogP contribution in [0.4, 0.5) is 0 Å². The van der Waals surface area contributed by atoms with E-state index in [1.54, 1.807) is 27.4 Å². The molecule has 2 aromatic carbocycles. The summed E-state index contributed by atoms with van der Waals surface area (Å²) in [6, 6.07) is 10.9. The molecule has 166 valence electrons. The molecule has 32 heavy (non-hydrogen) atoms. The topological polar surface area (TPSA) is 0 Å². The van der Waals surface area contributed by atoms with Crippen LogP contribution in [0.5, 0.6) is 0 Å². The van der Waals surface area contributed by atoms with Crippen molar-refractivity contribution in [3.8, 4) is 11.1 Å². The number of aryl methyl sites for hydroxylation is 2. The van der Waals surface area contributed by atoms with E-state index < -0.39 is 0 Å². The Hall–Kier alpha value is -1.33. The van der Waals surface area contributed by atoms with Crippen LogP contribution in [0.25, 0.3) is 11.1 Å². The molecule has 0 spiro atoms. The van der Waals surface area contributed by atoms with Crippen LogP contribution in [0.15, 0.2) is 36.4 Å². The summed E-state index contributed by atoms with van der Waals surface area (Å²) in [5.74, 6) is 0. The first kappa shape index (κ1) is 25.3. The van der Waals surface area contributed by atoms with Gasteiger partial charge >= 0.3 is 40.3 Å². The molecular formula is C31H38Zr. The third-order valence-electron chi connectivity index (χ3n) is 6.17. The summed E-state index contributed by atoms with van der Waals surface area (Å²) in [7, 11) is 0. The molecule has 3 aliphatic carbocycles. The van der Waals surface area contributed by atoms with Gasteiger partial charge in [0, 0.05) is 0 Å². The van der Waals surface area contributed by atoms with Crippen LogP contribution >= 0.6 is 0 Å². The van der Waals surface area contributed by atoms with Gasteiger partial charge in [0.05, 0.1) is 0 Å². The normalized spacial score (nSPS) is 15.5. The van der Waals surface area contributed by atoms with E-state index in [1.165, 1.54) is 57.3 Å². The van der Waals surface area contributed by atoms with E-state index in [0.29, 0.717) is 0 Å². The standard InChI is InChI=1S/C23H29.C5H5.C3H4.Zr/c1-14-9-16-11-17-10-15(2)21(23(6,7)8)13-19(17)18(16)12-20(14)22(3,4)5;1-2-4-5-3-1;1-2-3-1;/h9,12-13H,11H2,1-8H3;1-3H,4H2;1-2H2;/q2*-1;;+2. The van der Waals surface area contributed by atoms with E-state index in [2.05, 4.69) is 91.8 Å². The molecule has 5 rings (SSSR count). The fourth-order valence-electron chi connectivity index (χ4n) is 4.43. The molecule has 0 amide bonds. The van der Waals surface area contributed by atoms with Crippen molar-refractivity contribution in [1.82, 2.24) is 0 Å². The first-order chi connectivity index (χ1) is 14.9. The van der Waals surface area contributed by atoms with Gasteiger partial charge in [-0.2, -0.15) is 23.8 Å². The second kappa shape index (κ2) is 9.89. The van der Waals surface area contributed by atoms with Crippen LogP contribution in [0, 0.1) is 26.0 Å². The van der Waals surface area contributed by atoms with Crippen LogP contribution in [0.1, 0.15) is 94.2 Å². The second-order valence-electron chi connectivity index (χ2n) is 11.3. The summed E-state index contributed by atoms with van der Waals surface area (Å²) in [5.41, 5.74) is 11.6. The number of rotatable bonds is 0. The number of benzene rings is 2. The van der Waals surface area contributed by atoms with Crippen LogP contribution in [-0.2, 0) is 41.5 Å². The molecule has 0 nitrogen and oxygen atoms in total. The fraction of sp³-hybridized carbons (Fsp3) is 0.452. The van der Waals surface area contributed by atoms with Crippen molar-refractivity contribution in [3.05, 3.63) is 82.0 Å². The maximum absolute atomic E-state index is 3.69. The molecule has 0 aliphatic heterocycles. The Bertz CT molecular complexity index is 982. The summed E-state index contributed by atoms with van der Waals surface area (Å²) in [6.45, 7) is 18.2. The Labute approximate surface area is 211 Å². The van der Waals surface area contributed by atoms with Gasteiger partial charge in [-0.15, -0.1) is 23.1 Å². The molecular weight excluding hydrogens is 464 g/mol. The molecule has 3 aliphatic rings. The van der Waals surface area contributed by atoms with E-state index in [4.69, 9.17) is 0 Å². The number of fused-ring (bicyclic) bond motifs is 3. The average Bonchev–Trinajstić information content (AvgIpc) is 3.14. The Morgan fingerprint density at radius 2 is 1.44 bits per heavy atom. The van der Waals surface area contributed by atoms with Crippen LogP contribution < -0.4 is 0 Å². The predicted molar refractivity (Wildman–Crippen MR) is 136 cm³/mol. The Morgan fingerprint density at radius 1 is 0.844 bits per heavy atom. The first-order valence-electron chi connectivity index (χ1n) is 11.9. The summed E-state index contributed by atoms with van der Waals surface area (Å²) in [6.07, 6.45) is 13.9. The molecule has 1 fully saturated rings. The van der Waals surface area contributed by atoms with Gasteiger partial charge in [0.1, 0.15) is 0 Å². The van der Waals surface area contributed by atoms with Gasteiger partial charge in [-0.05, 0) is 35.4 Å². The van der Waals surface area contributed by atoms with Crippen LogP contribution in [0.2, 0.25) is 0 Å². The molecule has 1 saturated carbocycles. The van der Waals surface area contributed by atoms with Gasteiger partial charge in [0.25, 0.3) is 0 Å². The van der Waals surface area contributed by atoms with Gasteiger partial charge in [0.15, 0.2) is 0 Å². The molecule has 0 aromatic heterocycles. The monoisotopic (exact) mass is 500 g/mol. The molecule has 0 unspecified atom stereocenters. The SMILES string of the molecule is Cc1[c-]c2c(cc1C(C)(C)C)-c1cc(C(C)(C)C)c(C)cc1C2.[C-]1=CC=CC1.[Zr+2]=[C]1CC1. The first-order valence-corrected chi connectivity index (χ1v) is 13.1. The number of hydrogen-bond acceptors (Lipinski definition) is 0. The van der Waals surface area contributed by atoms with Crippen molar-refractivity contribution < 1.29 is 24.2 Å². The summed E-state index contributed by atoms with van der Waals surface area (Å²) in [4.78, 5) is 0. The molecule has 0 bridgehead atoms. The van der Waals surface area contributed by atoms with Crippen LogP contribution in [0.3, 0.4) is 0 Å². The van der Waals surface area contributed by atoms with Crippen molar-refractivity contribution in [2.24, 2.45) is 0 Å². The summed E-state index contributed by atoms with van der Waals surface area (Å²) in [5, 5.41) is 0. The van der Waals surface area contributed by atoms with Crippen molar-refractivity contribution >= 4 is 3.21 Å². The van der Waals surface area contributed by atoms with E-state index in [1.807, 2.05) is 12.2 Å². The summed E-state index contributed by atoms with van der Waals surface area (Å²) < 4.78 is 1.76. The van der Waals surface area contributed by atoms with E-state index in [9.17, 15) is 0 Å². The zero-order valence-corrected chi connectivity index (χ0v) is 23.8. The Morgan fingerprint density at radius 3 is 1.88 bits per heavy atom. The van der Waals surface area contributed by atoms with Crippen molar-refractivity contribution in [3.63, 3.8) is 0 Å². The van der Waals surface area contributed by atoms with Gasteiger partial charge in [0.2, 0.25) is 0 Å². The Kier molecular flexibility index (Phi) is 7.82. The van der Waals surface area contributed by atoms with Gasteiger partial charge < -0.3 is 0 Å². The van der Waals surface area contributed by atoms with E-state index >= 15 is 0 Å². The van der Waals surface area contributed by atoms with E-state index in [0.717, 1.165) is 12.8 Å². The predicted octanol–water partition coefficient (Wildman–Crippen LogP) is 8.07. The number of allylic oxidation sites excluding steroid dienone is 4. The summed E-state index contributed by atoms with van der Waals surface area (Å²) >= 11 is 1.66. The fourth-order valence-corrected chi connectivity index (χ4v) is 4.73. The maximum atomic E-state index is 3.69. The van der Waals surface area contributed by atoms with Gasteiger partial charge in [-0.3, -0.25) is 6.08 Å². The molecule has 2 aromatic rings. The third kappa shape index (κ3) is 6.38. The quantitative estimate of drug-likeness (QED) is 0.273. The van der Waals surface area contributed by atoms with Gasteiger partial charge in [-0.25, -0.2) is 12.2 Å².